The lowest BCUT2D eigenvalue weighted by Gasteiger charge is -2.24. The van der Waals surface area contributed by atoms with Crippen molar-refractivity contribution < 1.29 is 37.3 Å². The molecule has 0 aromatic carbocycles. The standard InChI is InChI=1S/C53H92NO7P/c1-6-8-10-12-14-16-18-20-22-24-25-26-27-28-29-30-32-34-36-38-40-42-44-46-53(55)61-52(51-60-62(56,57)59-49-47-54(3,4)5)50-58-48-45-43-41-39-37-35-33-31-23-21-19-17-15-13-11-9-7-2/h8,10,14,16-17,19-20,22-23,25-26,28-29,31-32,34,52H,6-7,9,11-13,15,18,21,24,27,30,33,35-51H2,1-5H3/p+1/b10-8-,16-14-,19-17-,22-20-,26-25-,29-28-,31-23-,34-32-. The predicted molar refractivity (Wildman–Crippen MR) is 265 cm³/mol. The summed E-state index contributed by atoms with van der Waals surface area (Å²) in [4.78, 5) is 23.0. The Bertz CT molecular complexity index is 1310. The summed E-state index contributed by atoms with van der Waals surface area (Å²) in [6.07, 6.45) is 61.6. The van der Waals surface area contributed by atoms with Gasteiger partial charge in [0.15, 0.2) is 0 Å². The SMILES string of the molecule is CC/C=C\C/C=C\C/C=C\C/C=C\C/C=C\C/C=C\CCCCCCC(=O)OC(COCCCCCCCC/C=C\C/C=C\CCCCCC)COP(=O)(O)OCC[N+](C)(C)C. The molecule has 8 nitrogen and oxygen atoms in total. The Hall–Kier alpha value is -2.58. The number of likely N-dealkylation sites (N-methyl/N-ethyl adjacent to an activating group) is 1. The predicted octanol–water partition coefficient (Wildman–Crippen LogP) is 15.0. The molecule has 0 rings (SSSR count). The summed E-state index contributed by atoms with van der Waals surface area (Å²) in [5, 5.41) is 0. The van der Waals surface area contributed by atoms with E-state index in [1.165, 1.54) is 51.4 Å². The van der Waals surface area contributed by atoms with E-state index in [0.29, 0.717) is 24.1 Å². The Morgan fingerprint density at radius 1 is 0.516 bits per heavy atom. The first-order chi connectivity index (χ1) is 30.1. The molecule has 2 unspecified atom stereocenters. The molecule has 356 valence electrons. The Labute approximate surface area is 381 Å². The van der Waals surface area contributed by atoms with Crippen LogP contribution in [0.5, 0.6) is 0 Å². The summed E-state index contributed by atoms with van der Waals surface area (Å²) in [7, 11) is 1.63. The van der Waals surface area contributed by atoms with E-state index in [1.807, 2.05) is 21.1 Å². The first kappa shape index (κ1) is 59.4. The summed E-state index contributed by atoms with van der Waals surface area (Å²) in [6.45, 7) is 5.41. The van der Waals surface area contributed by atoms with E-state index in [1.54, 1.807) is 0 Å². The molecule has 0 spiro atoms. The van der Waals surface area contributed by atoms with E-state index >= 15 is 0 Å². The molecule has 0 aromatic rings. The van der Waals surface area contributed by atoms with Gasteiger partial charge in [-0.05, 0) is 96.3 Å². The van der Waals surface area contributed by atoms with Gasteiger partial charge in [0.05, 0.1) is 34.4 Å². The van der Waals surface area contributed by atoms with Gasteiger partial charge in [0.1, 0.15) is 19.3 Å². The summed E-state index contributed by atoms with van der Waals surface area (Å²) in [5.74, 6) is -0.345. The zero-order valence-electron chi connectivity index (χ0n) is 40.3. The van der Waals surface area contributed by atoms with Gasteiger partial charge >= 0.3 is 13.8 Å². The average molecular weight is 887 g/mol. The van der Waals surface area contributed by atoms with E-state index in [2.05, 4.69) is 111 Å². The average Bonchev–Trinajstić information content (AvgIpc) is 3.23. The normalized spacial score (nSPS) is 14.5. The van der Waals surface area contributed by atoms with Crippen LogP contribution < -0.4 is 0 Å². The molecule has 0 fully saturated rings. The van der Waals surface area contributed by atoms with Crippen molar-refractivity contribution in [2.24, 2.45) is 0 Å². The van der Waals surface area contributed by atoms with Crippen LogP contribution in [0.3, 0.4) is 0 Å². The minimum atomic E-state index is -4.30. The number of esters is 1. The molecule has 0 aliphatic carbocycles. The van der Waals surface area contributed by atoms with Crippen LogP contribution >= 0.6 is 7.82 Å². The molecule has 0 aliphatic heterocycles. The number of carbonyl (C=O) groups is 1. The topological polar surface area (TPSA) is 91.3 Å². The summed E-state index contributed by atoms with van der Waals surface area (Å²) in [5.41, 5.74) is 0. The van der Waals surface area contributed by atoms with E-state index in [9.17, 15) is 14.3 Å². The van der Waals surface area contributed by atoms with Crippen LogP contribution in [-0.4, -0.2) is 75.6 Å². The highest BCUT2D eigenvalue weighted by Crippen LogP contribution is 2.43. The molecule has 2 atom stereocenters. The third-order valence-corrected chi connectivity index (χ3v) is 10.9. The molecule has 0 bridgehead atoms. The highest BCUT2D eigenvalue weighted by Gasteiger charge is 2.26. The van der Waals surface area contributed by atoms with Crippen molar-refractivity contribution in [1.82, 2.24) is 0 Å². The van der Waals surface area contributed by atoms with Gasteiger partial charge in [-0.15, -0.1) is 0 Å². The molecule has 9 heteroatoms. The highest BCUT2D eigenvalue weighted by atomic mass is 31.2. The molecule has 0 saturated carbocycles. The number of ether oxygens (including phenoxy) is 2. The molecule has 62 heavy (non-hydrogen) atoms. The van der Waals surface area contributed by atoms with Crippen molar-refractivity contribution >= 4 is 13.8 Å². The second-order valence-corrected chi connectivity index (χ2v) is 18.6. The van der Waals surface area contributed by atoms with Crippen LogP contribution in [0.4, 0.5) is 0 Å². The van der Waals surface area contributed by atoms with Gasteiger partial charge in [-0.25, -0.2) is 4.57 Å². The van der Waals surface area contributed by atoms with Crippen molar-refractivity contribution in [1.29, 1.82) is 0 Å². The number of hydrogen-bond donors (Lipinski definition) is 1. The number of quaternary nitrogens is 1. The molecule has 0 aliphatic rings. The van der Waals surface area contributed by atoms with Crippen LogP contribution in [0.15, 0.2) is 97.2 Å². The van der Waals surface area contributed by atoms with Crippen molar-refractivity contribution in [2.75, 3.05) is 54.1 Å². The van der Waals surface area contributed by atoms with Gasteiger partial charge in [0.25, 0.3) is 0 Å². The number of hydrogen-bond acceptors (Lipinski definition) is 6. The minimum Gasteiger partial charge on any atom is -0.457 e. The van der Waals surface area contributed by atoms with Crippen LogP contribution in [0.1, 0.15) is 174 Å². The van der Waals surface area contributed by atoms with Crippen LogP contribution in [0, 0.1) is 0 Å². The van der Waals surface area contributed by atoms with Crippen LogP contribution in [0.25, 0.3) is 0 Å². The van der Waals surface area contributed by atoms with Crippen LogP contribution in [-0.2, 0) is 27.9 Å². The maximum absolute atomic E-state index is 12.7. The summed E-state index contributed by atoms with van der Waals surface area (Å²) >= 11 is 0. The molecule has 0 aromatic heterocycles. The number of phosphoric acid groups is 1. The third-order valence-electron chi connectivity index (χ3n) is 9.88. The molecule has 1 N–H and O–H groups in total. The van der Waals surface area contributed by atoms with E-state index in [-0.39, 0.29) is 25.8 Å². The zero-order valence-corrected chi connectivity index (χ0v) is 41.2. The lowest BCUT2D eigenvalue weighted by molar-refractivity contribution is -0.870. The monoisotopic (exact) mass is 887 g/mol. The van der Waals surface area contributed by atoms with Gasteiger partial charge in [-0.1, -0.05) is 169 Å². The quantitative estimate of drug-likeness (QED) is 0.0214. The van der Waals surface area contributed by atoms with E-state index in [0.717, 1.165) is 103 Å². The molecule has 0 amide bonds. The largest absolute Gasteiger partial charge is 0.472 e. The van der Waals surface area contributed by atoms with Gasteiger partial charge in [-0.2, -0.15) is 0 Å². The number of phosphoric ester groups is 1. The number of nitrogens with zero attached hydrogens (tertiary/aromatic N) is 1. The fraction of sp³-hybridized carbons (Fsp3) is 0.679. The van der Waals surface area contributed by atoms with E-state index < -0.39 is 13.9 Å². The van der Waals surface area contributed by atoms with Gasteiger partial charge in [-0.3, -0.25) is 13.8 Å². The van der Waals surface area contributed by atoms with Crippen molar-refractivity contribution in [3.05, 3.63) is 97.2 Å². The highest BCUT2D eigenvalue weighted by molar-refractivity contribution is 7.47. The summed E-state index contributed by atoms with van der Waals surface area (Å²) < 4.78 is 35.1. The number of allylic oxidation sites excluding steroid dienone is 16. The van der Waals surface area contributed by atoms with Gasteiger partial charge < -0.3 is 18.9 Å². The van der Waals surface area contributed by atoms with Crippen LogP contribution in [0.2, 0.25) is 0 Å². The minimum absolute atomic E-state index is 0.0753. The second-order valence-electron chi connectivity index (χ2n) is 17.1. The zero-order chi connectivity index (χ0) is 45.5. The Morgan fingerprint density at radius 3 is 1.40 bits per heavy atom. The fourth-order valence-corrected chi connectivity index (χ4v) is 6.86. The van der Waals surface area contributed by atoms with E-state index in [4.69, 9.17) is 18.5 Å². The number of unbranched alkanes of at least 4 members (excludes halogenated alkanes) is 14. The number of rotatable bonds is 44. The third kappa shape index (κ3) is 48.5. The van der Waals surface area contributed by atoms with Crippen molar-refractivity contribution in [3.63, 3.8) is 0 Å². The second kappa shape index (κ2) is 45.0. The Kier molecular flexibility index (Phi) is 43.1. The van der Waals surface area contributed by atoms with Gasteiger partial charge in [0.2, 0.25) is 0 Å². The first-order valence-corrected chi connectivity index (χ1v) is 26.0. The lowest BCUT2D eigenvalue weighted by atomic mass is 10.1. The molecular formula is C53H93NO7P+. The Morgan fingerprint density at radius 2 is 0.935 bits per heavy atom. The fourth-order valence-electron chi connectivity index (χ4n) is 6.11. The molecule has 0 heterocycles. The molecular weight excluding hydrogens is 794 g/mol. The first-order valence-electron chi connectivity index (χ1n) is 24.5. The van der Waals surface area contributed by atoms with Crippen molar-refractivity contribution in [3.8, 4) is 0 Å². The van der Waals surface area contributed by atoms with Crippen molar-refractivity contribution in [2.45, 2.75) is 180 Å². The summed E-state index contributed by atoms with van der Waals surface area (Å²) in [6, 6.07) is 0. The molecule has 0 radical (unpaired) electrons. The maximum atomic E-state index is 12.7. The Balaban J connectivity index is 4.29. The maximum Gasteiger partial charge on any atom is 0.472 e. The number of carbonyl (C=O) groups excluding carboxylic acids is 1. The van der Waals surface area contributed by atoms with Gasteiger partial charge in [0, 0.05) is 13.0 Å². The lowest BCUT2D eigenvalue weighted by Crippen LogP contribution is -2.37. The smallest absolute Gasteiger partial charge is 0.457 e. The molecule has 0 saturated heterocycles.